The highest BCUT2D eigenvalue weighted by Gasteiger charge is 2.45. The average Bonchev–Trinajstić information content (AvgIpc) is 3.54. The van der Waals surface area contributed by atoms with Gasteiger partial charge in [-0.2, -0.15) is 0 Å². The zero-order chi connectivity index (χ0) is 25.9. The van der Waals surface area contributed by atoms with E-state index in [1.165, 1.54) is 12.0 Å². The Morgan fingerprint density at radius 1 is 1.05 bits per heavy atom. The molecule has 3 aromatic rings. The second-order valence-corrected chi connectivity index (χ2v) is 8.62. The number of fused-ring (bicyclic) bond motifs is 1. The number of carbonyl (C=O) groups excluding carboxylic acids is 3. The van der Waals surface area contributed by atoms with Crippen LogP contribution in [0.25, 0.3) is 5.76 Å². The average molecular weight is 504 g/mol. The molecule has 0 aliphatic carbocycles. The fourth-order valence-electron chi connectivity index (χ4n) is 4.57. The fraction of sp³-hybridized carbons (Fsp3) is 0.259. The van der Waals surface area contributed by atoms with Crippen molar-refractivity contribution in [3.8, 4) is 11.5 Å². The van der Waals surface area contributed by atoms with Crippen LogP contribution in [0.5, 0.6) is 11.5 Å². The molecule has 0 radical (unpaired) electrons. The third-order valence-corrected chi connectivity index (χ3v) is 6.38. The van der Waals surface area contributed by atoms with Gasteiger partial charge in [0.2, 0.25) is 0 Å². The normalized spacial score (nSPS) is 18.2. The number of esters is 1. The lowest BCUT2D eigenvalue weighted by Crippen LogP contribution is -2.31. The summed E-state index contributed by atoms with van der Waals surface area (Å²) < 4.78 is 17.8. The van der Waals surface area contributed by atoms with Crippen molar-refractivity contribution in [3.05, 3.63) is 83.4 Å². The topological polar surface area (TPSA) is 120 Å². The van der Waals surface area contributed by atoms with Gasteiger partial charge in [0.1, 0.15) is 19.0 Å². The number of aliphatic hydroxyl groups excluding tert-OH is 1. The van der Waals surface area contributed by atoms with Crippen LogP contribution >= 0.6 is 0 Å². The highest BCUT2D eigenvalue weighted by molar-refractivity contribution is 6.46. The van der Waals surface area contributed by atoms with E-state index in [0.29, 0.717) is 54.4 Å². The molecular weight excluding hydrogens is 478 g/mol. The molecule has 1 atom stereocenters. The van der Waals surface area contributed by atoms with Crippen LogP contribution in [-0.4, -0.2) is 64.1 Å². The Hall–Kier alpha value is -4.60. The van der Waals surface area contributed by atoms with Gasteiger partial charge >= 0.3 is 5.97 Å². The number of aliphatic hydroxyl groups is 1. The van der Waals surface area contributed by atoms with E-state index in [9.17, 15) is 19.5 Å². The van der Waals surface area contributed by atoms with Crippen molar-refractivity contribution < 1.29 is 33.7 Å². The van der Waals surface area contributed by atoms with Crippen LogP contribution < -0.4 is 9.47 Å². The Balaban J connectivity index is 1.53. The van der Waals surface area contributed by atoms with Crippen molar-refractivity contribution in [1.29, 1.82) is 0 Å². The van der Waals surface area contributed by atoms with Crippen molar-refractivity contribution in [3.63, 3.8) is 0 Å². The Labute approximate surface area is 212 Å². The van der Waals surface area contributed by atoms with Gasteiger partial charge in [-0.1, -0.05) is 12.1 Å². The number of carbonyl (C=O) groups is 3. The molecule has 3 heterocycles. The summed E-state index contributed by atoms with van der Waals surface area (Å²) >= 11 is 0. The maximum Gasteiger partial charge on any atom is 0.337 e. The first kappa shape index (κ1) is 24.1. The number of rotatable bonds is 7. The molecule has 190 valence electrons. The lowest BCUT2D eigenvalue weighted by Gasteiger charge is -2.25. The third-order valence-electron chi connectivity index (χ3n) is 6.38. The summed E-state index contributed by atoms with van der Waals surface area (Å²) in [4.78, 5) is 43.8. The number of imidazole rings is 1. The minimum absolute atomic E-state index is 0.0323. The van der Waals surface area contributed by atoms with Gasteiger partial charge < -0.3 is 28.8 Å². The predicted octanol–water partition coefficient (Wildman–Crippen LogP) is 2.95. The second kappa shape index (κ2) is 10.2. The molecule has 10 heteroatoms. The van der Waals surface area contributed by atoms with E-state index in [1.54, 1.807) is 55.0 Å². The summed E-state index contributed by atoms with van der Waals surface area (Å²) in [6, 6.07) is 10.5. The van der Waals surface area contributed by atoms with Crippen molar-refractivity contribution >= 4 is 23.4 Å². The van der Waals surface area contributed by atoms with Crippen LogP contribution in [0.1, 0.15) is 33.9 Å². The number of hydrogen-bond acceptors (Lipinski definition) is 8. The van der Waals surface area contributed by atoms with E-state index >= 15 is 0 Å². The number of likely N-dealkylation sites (tertiary alicyclic amines) is 1. The molecule has 1 saturated heterocycles. The molecule has 1 N–H and O–H groups in total. The first-order valence-electron chi connectivity index (χ1n) is 11.8. The van der Waals surface area contributed by atoms with Crippen molar-refractivity contribution in [2.45, 2.75) is 19.0 Å². The number of benzene rings is 2. The molecule has 5 rings (SSSR count). The molecule has 0 bridgehead atoms. The second-order valence-electron chi connectivity index (χ2n) is 8.62. The summed E-state index contributed by atoms with van der Waals surface area (Å²) in [6.07, 6.45) is 5.73. The Kier molecular flexibility index (Phi) is 6.63. The number of methoxy groups -OCH3 is 1. The molecule has 37 heavy (non-hydrogen) atoms. The number of aromatic nitrogens is 2. The van der Waals surface area contributed by atoms with Gasteiger partial charge in [-0.25, -0.2) is 9.78 Å². The zero-order valence-electron chi connectivity index (χ0n) is 20.1. The standard InChI is InChI=1S/C27H25N3O7/c1-35-27(34)18-5-3-17(4-6-18)23-22(24(31)19-7-8-20-21(15-19)37-14-13-36-20)25(32)26(33)30(23)11-2-10-29-12-9-28-16-29/h3-9,12,15-16,23,31H,2,10-11,13-14H2,1H3/b24-22+/t23-/m0/s1. The van der Waals surface area contributed by atoms with E-state index in [-0.39, 0.29) is 17.9 Å². The fourth-order valence-corrected chi connectivity index (χ4v) is 4.57. The molecule has 2 aromatic carbocycles. The highest BCUT2D eigenvalue weighted by Crippen LogP contribution is 2.41. The lowest BCUT2D eigenvalue weighted by molar-refractivity contribution is -0.139. The van der Waals surface area contributed by atoms with Crippen LogP contribution in [0.4, 0.5) is 0 Å². The van der Waals surface area contributed by atoms with Crippen LogP contribution in [0.15, 0.2) is 66.8 Å². The van der Waals surface area contributed by atoms with E-state index < -0.39 is 23.7 Å². The lowest BCUT2D eigenvalue weighted by atomic mass is 9.94. The molecule has 1 amide bonds. The Morgan fingerprint density at radius 2 is 1.78 bits per heavy atom. The first-order chi connectivity index (χ1) is 18.0. The van der Waals surface area contributed by atoms with Crippen LogP contribution in [-0.2, 0) is 20.9 Å². The molecule has 1 fully saturated rings. The SMILES string of the molecule is COC(=O)c1ccc([C@H]2/C(=C(\O)c3ccc4c(c3)OCCO4)C(=O)C(=O)N2CCCn2ccnc2)cc1. The maximum atomic E-state index is 13.3. The van der Waals surface area contributed by atoms with E-state index in [4.69, 9.17) is 14.2 Å². The molecule has 2 aliphatic heterocycles. The maximum absolute atomic E-state index is 13.3. The molecule has 0 spiro atoms. The Bertz CT molecular complexity index is 1360. The van der Waals surface area contributed by atoms with Crippen molar-refractivity contribution in [2.75, 3.05) is 26.9 Å². The van der Waals surface area contributed by atoms with E-state index in [1.807, 2.05) is 10.8 Å². The monoisotopic (exact) mass is 503 g/mol. The van der Waals surface area contributed by atoms with E-state index in [2.05, 4.69) is 4.98 Å². The summed E-state index contributed by atoms with van der Waals surface area (Å²) in [5, 5.41) is 11.3. The van der Waals surface area contributed by atoms with Crippen LogP contribution in [0.3, 0.4) is 0 Å². The quantitative estimate of drug-likeness (QED) is 0.226. The molecular formula is C27H25N3O7. The molecule has 1 aromatic heterocycles. The van der Waals surface area contributed by atoms with Crippen LogP contribution in [0, 0.1) is 0 Å². The van der Waals surface area contributed by atoms with Gasteiger partial charge in [0, 0.05) is 31.0 Å². The van der Waals surface area contributed by atoms with Gasteiger partial charge in [0.15, 0.2) is 11.5 Å². The number of Topliss-reactive ketones (excluding diaryl/α,β-unsaturated/α-hetero) is 1. The first-order valence-corrected chi connectivity index (χ1v) is 11.8. The number of ketones is 1. The third kappa shape index (κ3) is 4.65. The number of ether oxygens (including phenoxy) is 3. The molecule has 10 nitrogen and oxygen atoms in total. The van der Waals surface area contributed by atoms with Gasteiger partial charge in [-0.3, -0.25) is 9.59 Å². The van der Waals surface area contributed by atoms with Crippen LogP contribution in [0.2, 0.25) is 0 Å². The summed E-state index contributed by atoms with van der Waals surface area (Å²) in [6.45, 7) is 1.65. The number of aryl methyl sites for hydroxylation is 1. The Morgan fingerprint density at radius 3 is 2.49 bits per heavy atom. The number of amides is 1. The van der Waals surface area contributed by atoms with E-state index in [0.717, 1.165) is 0 Å². The summed E-state index contributed by atoms with van der Waals surface area (Å²) in [7, 11) is 1.29. The smallest absolute Gasteiger partial charge is 0.337 e. The van der Waals surface area contributed by atoms with Gasteiger partial charge in [-0.15, -0.1) is 0 Å². The minimum atomic E-state index is -0.845. The molecule has 2 aliphatic rings. The summed E-state index contributed by atoms with van der Waals surface area (Å²) in [5.74, 6) is -1.31. The molecule has 0 saturated carbocycles. The molecule has 0 unspecified atom stereocenters. The number of nitrogens with zero attached hydrogens (tertiary/aromatic N) is 3. The summed E-state index contributed by atoms with van der Waals surface area (Å²) in [5.41, 5.74) is 1.20. The van der Waals surface area contributed by atoms with Gasteiger partial charge in [-0.05, 0) is 42.3 Å². The van der Waals surface area contributed by atoms with Crippen molar-refractivity contribution in [1.82, 2.24) is 14.5 Å². The van der Waals surface area contributed by atoms with Crippen molar-refractivity contribution in [2.24, 2.45) is 0 Å². The highest BCUT2D eigenvalue weighted by atomic mass is 16.6. The predicted molar refractivity (Wildman–Crippen MR) is 131 cm³/mol. The zero-order valence-corrected chi connectivity index (χ0v) is 20.1. The largest absolute Gasteiger partial charge is 0.507 e. The van der Waals surface area contributed by atoms with Gasteiger partial charge in [0.25, 0.3) is 11.7 Å². The minimum Gasteiger partial charge on any atom is -0.507 e. The van der Waals surface area contributed by atoms with Gasteiger partial charge in [0.05, 0.1) is 30.6 Å². The number of hydrogen-bond donors (Lipinski definition) is 1.